The first-order valence-electron chi connectivity index (χ1n) is 8.24. The maximum Gasteiger partial charge on any atom is 0.250 e. The van der Waals surface area contributed by atoms with Crippen LogP contribution < -0.4 is 9.47 Å². The average Bonchev–Trinajstić information content (AvgIpc) is 3.12. The Labute approximate surface area is 159 Å². The number of nitrogens with zero attached hydrogens (tertiary/aromatic N) is 3. The van der Waals surface area contributed by atoms with Crippen LogP contribution in [0.3, 0.4) is 0 Å². The van der Waals surface area contributed by atoms with Crippen molar-refractivity contribution in [1.82, 2.24) is 14.8 Å². The van der Waals surface area contributed by atoms with Gasteiger partial charge in [0, 0.05) is 17.2 Å². The van der Waals surface area contributed by atoms with Crippen molar-refractivity contribution in [3.63, 3.8) is 0 Å². The van der Waals surface area contributed by atoms with Crippen LogP contribution in [0.15, 0.2) is 47.6 Å². The van der Waals surface area contributed by atoms with Gasteiger partial charge in [0.2, 0.25) is 0 Å². The van der Waals surface area contributed by atoms with E-state index < -0.39 is 0 Å². The van der Waals surface area contributed by atoms with E-state index in [1.54, 1.807) is 26.4 Å². The fraction of sp³-hybridized carbons (Fsp3) is 0.211. The Morgan fingerprint density at radius 2 is 1.85 bits per heavy atom. The fourth-order valence-corrected chi connectivity index (χ4v) is 4.06. The lowest BCUT2D eigenvalue weighted by molar-refractivity contribution is 0.0868. The standard InChI is InChI=1S/C19H16FN3O3S/c1-25-14-8-5-12(9-15(14)26-2)16-10-17(24)23-19(27-16)21-18(22-23)11-3-6-13(20)7-4-11/h3-9,16H,10H2,1-2H3. The number of fused-ring (bicyclic) bond motifs is 1. The molecule has 3 aromatic rings. The Morgan fingerprint density at radius 1 is 1.11 bits per heavy atom. The lowest BCUT2D eigenvalue weighted by Gasteiger charge is -2.21. The molecule has 138 valence electrons. The topological polar surface area (TPSA) is 66.2 Å². The predicted octanol–water partition coefficient (Wildman–Crippen LogP) is 3.98. The second kappa shape index (κ2) is 7.03. The van der Waals surface area contributed by atoms with Crippen molar-refractivity contribution in [2.45, 2.75) is 16.8 Å². The molecule has 0 aliphatic carbocycles. The van der Waals surface area contributed by atoms with E-state index in [1.807, 2.05) is 18.2 Å². The number of carbonyl (C=O) groups is 1. The first-order valence-corrected chi connectivity index (χ1v) is 9.12. The molecule has 0 spiro atoms. The van der Waals surface area contributed by atoms with Crippen LogP contribution in [0.4, 0.5) is 4.39 Å². The van der Waals surface area contributed by atoms with Crippen LogP contribution in [-0.2, 0) is 0 Å². The van der Waals surface area contributed by atoms with Crippen LogP contribution in [0.2, 0.25) is 0 Å². The number of aromatic nitrogens is 3. The third-order valence-electron chi connectivity index (χ3n) is 4.30. The largest absolute Gasteiger partial charge is 0.493 e. The van der Waals surface area contributed by atoms with Gasteiger partial charge in [-0.25, -0.2) is 9.37 Å². The molecule has 4 rings (SSSR count). The van der Waals surface area contributed by atoms with Crippen molar-refractivity contribution in [3.05, 3.63) is 53.8 Å². The normalized spacial score (nSPS) is 16.1. The summed E-state index contributed by atoms with van der Waals surface area (Å²) in [6.45, 7) is 0. The second-order valence-electron chi connectivity index (χ2n) is 5.96. The Balaban J connectivity index is 1.65. The number of ether oxygens (including phenoxy) is 2. The quantitative estimate of drug-likeness (QED) is 0.677. The van der Waals surface area contributed by atoms with Gasteiger partial charge >= 0.3 is 0 Å². The zero-order chi connectivity index (χ0) is 19.0. The third kappa shape index (κ3) is 3.28. The van der Waals surface area contributed by atoms with Crippen molar-refractivity contribution in [1.29, 1.82) is 0 Å². The van der Waals surface area contributed by atoms with Crippen molar-refractivity contribution >= 4 is 17.7 Å². The van der Waals surface area contributed by atoms with E-state index in [4.69, 9.17) is 9.47 Å². The van der Waals surface area contributed by atoms with Gasteiger partial charge in [0.05, 0.1) is 14.2 Å². The lowest BCUT2D eigenvalue weighted by Crippen LogP contribution is -2.21. The van der Waals surface area contributed by atoms with E-state index in [0.29, 0.717) is 34.5 Å². The minimum atomic E-state index is -0.332. The minimum Gasteiger partial charge on any atom is -0.493 e. The second-order valence-corrected chi connectivity index (χ2v) is 7.13. The number of hydrogen-bond acceptors (Lipinski definition) is 6. The summed E-state index contributed by atoms with van der Waals surface area (Å²) < 4.78 is 25.1. The Hall–Kier alpha value is -2.87. The van der Waals surface area contributed by atoms with Crippen LogP contribution in [-0.4, -0.2) is 34.9 Å². The molecule has 6 nitrogen and oxygen atoms in total. The summed E-state index contributed by atoms with van der Waals surface area (Å²) in [4.78, 5) is 17.0. The molecule has 1 aliphatic heterocycles. The molecule has 8 heteroatoms. The summed E-state index contributed by atoms with van der Waals surface area (Å²) >= 11 is 1.46. The first kappa shape index (κ1) is 17.5. The number of benzene rings is 2. The van der Waals surface area contributed by atoms with Gasteiger partial charge in [0.1, 0.15) is 5.82 Å². The monoisotopic (exact) mass is 385 g/mol. The number of methoxy groups -OCH3 is 2. The molecule has 1 unspecified atom stereocenters. The molecule has 27 heavy (non-hydrogen) atoms. The molecule has 2 heterocycles. The first-order chi connectivity index (χ1) is 13.1. The summed E-state index contributed by atoms with van der Waals surface area (Å²) in [7, 11) is 3.16. The zero-order valence-corrected chi connectivity index (χ0v) is 15.5. The molecular formula is C19H16FN3O3S. The number of hydrogen-bond donors (Lipinski definition) is 0. The summed E-state index contributed by atoms with van der Waals surface area (Å²) in [6, 6.07) is 11.5. The van der Waals surface area contributed by atoms with E-state index in [0.717, 1.165) is 5.56 Å². The number of carbonyl (C=O) groups excluding carboxylic acids is 1. The van der Waals surface area contributed by atoms with Crippen LogP contribution in [0.5, 0.6) is 11.5 Å². The average molecular weight is 385 g/mol. The maximum atomic E-state index is 13.1. The van der Waals surface area contributed by atoms with Gasteiger partial charge < -0.3 is 9.47 Å². The van der Waals surface area contributed by atoms with Crippen LogP contribution >= 0.6 is 11.8 Å². The molecule has 0 radical (unpaired) electrons. The SMILES string of the molecule is COc1ccc(C2CC(=O)n3nc(-c4ccc(F)cc4)nc3S2)cc1OC. The molecule has 0 amide bonds. The maximum absolute atomic E-state index is 13.1. The van der Waals surface area contributed by atoms with E-state index in [1.165, 1.54) is 28.6 Å². The molecule has 0 saturated heterocycles. The highest BCUT2D eigenvalue weighted by Crippen LogP contribution is 2.43. The zero-order valence-electron chi connectivity index (χ0n) is 14.7. The lowest BCUT2D eigenvalue weighted by atomic mass is 10.1. The van der Waals surface area contributed by atoms with Gasteiger partial charge in [0.25, 0.3) is 5.91 Å². The smallest absolute Gasteiger partial charge is 0.250 e. The fourth-order valence-electron chi connectivity index (χ4n) is 2.91. The Bertz CT molecular complexity index is 1000. The summed E-state index contributed by atoms with van der Waals surface area (Å²) in [5.41, 5.74) is 1.61. The summed E-state index contributed by atoms with van der Waals surface area (Å²) in [5.74, 6) is 1.18. The van der Waals surface area contributed by atoms with Gasteiger partial charge in [-0.2, -0.15) is 4.68 Å². The molecule has 0 bridgehead atoms. The van der Waals surface area contributed by atoms with Gasteiger partial charge in [0.15, 0.2) is 22.5 Å². The van der Waals surface area contributed by atoms with Crippen molar-refractivity contribution in [2.24, 2.45) is 0 Å². The van der Waals surface area contributed by atoms with Crippen LogP contribution in [0.1, 0.15) is 22.0 Å². The van der Waals surface area contributed by atoms with Crippen molar-refractivity contribution < 1.29 is 18.7 Å². The molecule has 1 aliphatic rings. The number of thioether (sulfide) groups is 1. The molecule has 1 aromatic heterocycles. The van der Waals surface area contributed by atoms with Crippen molar-refractivity contribution in [2.75, 3.05) is 14.2 Å². The summed E-state index contributed by atoms with van der Waals surface area (Å²) in [6.07, 6.45) is 0.291. The van der Waals surface area contributed by atoms with Crippen LogP contribution in [0, 0.1) is 5.82 Å². The van der Waals surface area contributed by atoms with Gasteiger partial charge in [-0.1, -0.05) is 17.8 Å². The summed E-state index contributed by atoms with van der Waals surface area (Å²) in [5, 5.41) is 4.71. The molecular weight excluding hydrogens is 369 g/mol. The van der Waals surface area contributed by atoms with E-state index in [-0.39, 0.29) is 17.0 Å². The van der Waals surface area contributed by atoms with Gasteiger partial charge in [-0.05, 0) is 42.0 Å². The molecule has 0 saturated carbocycles. The van der Waals surface area contributed by atoms with E-state index in [9.17, 15) is 9.18 Å². The van der Waals surface area contributed by atoms with Gasteiger partial charge in [-0.15, -0.1) is 5.10 Å². The highest BCUT2D eigenvalue weighted by molar-refractivity contribution is 7.99. The molecule has 0 N–H and O–H groups in total. The Kier molecular flexibility index (Phi) is 4.57. The highest BCUT2D eigenvalue weighted by atomic mass is 32.2. The number of halogens is 1. The predicted molar refractivity (Wildman–Crippen MR) is 98.8 cm³/mol. The Morgan fingerprint density at radius 3 is 2.56 bits per heavy atom. The molecule has 0 fully saturated rings. The molecule has 2 aromatic carbocycles. The van der Waals surface area contributed by atoms with Crippen LogP contribution in [0.25, 0.3) is 11.4 Å². The van der Waals surface area contributed by atoms with Gasteiger partial charge in [-0.3, -0.25) is 4.79 Å². The molecule has 1 atom stereocenters. The highest BCUT2D eigenvalue weighted by Gasteiger charge is 2.30. The van der Waals surface area contributed by atoms with Crippen molar-refractivity contribution in [3.8, 4) is 22.9 Å². The third-order valence-corrected chi connectivity index (χ3v) is 5.50. The van der Waals surface area contributed by atoms with E-state index >= 15 is 0 Å². The number of rotatable bonds is 4. The minimum absolute atomic E-state index is 0.102. The van der Waals surface area contributed by atoms with E-state index in [2.05, 4.69) is 10.1 Å².